The second-order valence-electron chi connectivity index (χ2n) is 6.57. The maximum atomic E-state index is 14.1. The lowest BCUT2D eigenvalue weighted by molar-refractivity contribution is 0.269. The Kier molecular flexibility index (Phi) is 3.89. The lowest BCUT2D eigenvalue weighted by Gasteiger charge is -2.40. The van der Waals surface area contributed by atoms with Crippen molar-refractivity contribution in [3.8, 4) is 0 Å². The monoisotopic (exact) mass is 302 g/mol. The van der Waals surface area contributed by atoms with Crippen LogP contribution in [-0.4, -0.2) is 28.0 Å². The van der Waals surface area contributed by atoms with Gasteiger partial charge in [-0.3, -0.25) is 0 Å². The number of fused-ring (bicyclic) bond motifs is 1. The average molecular weight is 302 g/mol. The van der Waals surface area contributed by atoms with Crippen LogP contribution < -0.4 is 4.90 Å². The van der Waals surface area contributed by atoms with E-state index < -0.39 is 0 Å². The third-order valence-corrected chi connectivity index (χ3v) is 5.08. The first kappa shape index (κ1) is 15.0. The largest absolute Gasteiger partial charge is 0.356 e. The van der Waals surface area contributed by atoms with Gasteiger partial charge < -0.3 is 9.88 Å². The van der Waals surface area contributed by atoms with E-state index in [1.165, 1.54) is 24.5 Å². The Morgan fingerprint density at radius 1 is 1.41 bits per heavy atom. The van der Waals surface area contributed by atoms with Gasteiger partial charge in [0.2, 0.25) is 0 Å². The molecule has 22 heavy (non-hydrogen) atoms. The normalized spacial score (nSPS) is 25.4. The maximum Gasteiger partial charge on any atom is 0.153 e. The summed E-state index contributed by atoms with van der Waals surface area (Å²) in [6, 6.07) is 0.336. The van der Waals surface area contributed by atoms with Crippen molar-refractivity contribution in [1.82, 2.24) is 15.0 Å². The van der Waals surface area contributed by atoms with Crippen molar-refractivity contribution in [2.24, 2.45) is 11.8 Å². The Labute approximate surface area is 130 Å². The van der Waals surface area contributed by atoms with E-state index in [0.29, 0.717) is 34.7 Å². The molecule has 1 N–H and O–H groups in total. The van der Waals surface area contributed by atoms with E-state index in [1.54, 1.807) is 0 Å². The SMILES string of the molecule is C=C(C)C1CCC(C)C(N(C)c2ncnc3[nH]cc(F)c23)C1. The van der Waals surface area contributed by atoms with Crippen LogP contribution in [0.15, 0.2) is 24.7 Å². The molecular weight excluding hydrogens is 279 g/mol. The average Bonchev–Trinajstić information content (AvgIpc) is 2.88. The van der Waals surface area contributed by atoms with Crippen molar-refractivity contribution >= 4 is 16.9 Å². The molecule has 1 fully saturated rings. The highest BCUT2D eigenvalue weighted by atomic mass is 19.1. The zero-order chi connectivity index (χ0) is 15.9. The van der Waals surface area contributed by atoms with E-state index in [1.807, 2.05) is 7.05 Å². The van der Waals surface area contributed by atoms with Gasteiger partial charge >= 0.3 is 0 Å². The van der Waals surface area contributed by atoms with Crippen LogP contribution in [0.25, 0.3) is 11.0 Å². The molecular formula is C17H23FN4. The Morgan fingerprint density at radius 2 is 2.18 bits per heavy atom. The minimum atomic E-state index is -0.294. The molecule has 0 spiro atoms. The number of hydrogen-bond acceptors (Lipinski definition) is 3. The predicted molar refractivity (Wildman–Crippen MR) is 87.4 cm³/mol. The van der Waals surface area contributed by atoms with Gasteiger partial charge in [-0.2, -0.15) is 0 Å². The Morgan fingerprint density at radius 3 is 2.91 bits per heavy atom. The van der Waals surface area contributed by atoms with Gasteiger partial charge in [-0.1, -0.05) is 19.1 Å². The Hall–Kier alpha value is -1.91. The molecule has 3 unspecified atom stereocenters. The second kappa shape index (κ2) is 5.71. The number of H-pyrrole nitrogens is 1. The van der Waals surface area contributed by atoms with Gasteiger partial charge in [0.15, 0.2) is 5.82 Å². The van der Waals surface area contributed by atoms with Crippen molar-refractivity contribution < 1.29 is 4.39 Å². The summed E-state index contributed by atoms with van der Waals surface area (Å²) in [4.78, 5) is 13.4. The van der Waals surface area contributed by atoms with Gasteiger partial charge in [-0.15, -0.1) is 0 Å². The highest BCUT2D eigenvalue weighted by molar-refractivity contribution is 5.88. The lowest BCUT2D eigenvalue weighted by atomic mass is 9.76. The lowest BCUT2D eigenvalue weighted by Crippen LogP contribution is -2.42. The van der Waals surface area contributed by atoms with Gasteiger partial charge in [-0.25, -0.2) is 14.4 Å². The molecule has 1 aliphatic carbocycles. The third kappa shape index (κ3) is 2.49. The highest BCUT2D eigenvalue weighted by Gasteiger charge is 2.32. The van der Waals surface area contributed by atoms with Crippen molar-refractivity contribution in [2.45, 2.75) is 39.2 Å². The topological polar surface area (TPSA) is 44.8 Å². The number of anilines is 1. The van der Waals surface area contributed by atoms with Crippen LogP contribution in [0.3, 0.4) is 0 Å². The van der Waals surface area contributed by atoms with Gasteiger partial charge in [-0.05, 0) is 38.0 Å². The number of rotatable bonds is 3. The maximum absolute atomic E-state index is 14.1. The molecule has 4 nitrogen and oxygen atoms in total. The van der Waals surface area contributed by atoms with Crippen molar-refractivity contribution in [1.29, 1.82) is 0 Å². The van der Waals surface area contributed by atoms with Crippen LogP contribution in [-0.2, 0) is 0 Å². The van der Waals surface area contributed by atoms with Gasteiger partial charge in [0.25, 0.3) is 0 Å². The van der Waals surface area contributed by atoms with E-state index in [2.05, 4.69) is 40.3 Å². The first-order valence-corrected chi connectivity index (χ1v) is 7.84. The quantitative estimate of drug-likeness (QED) is 0.874. The van der Waals surface area contributed by atoms with Crippen LogP contribution in [0.5, 0.6) is 0 Å². The van der Waals surface area contributed by atoms with Crippen molar-refractivity contribution in [3.05, 3.63) is 30.5 Å². The summed E-state index contributed by atoms with van der Waals surface area (Å²) >= 11 is 0. The summed E-state index contributed by atoms with van der Waals surface area (Å²) in [6.45, 7) is 8.49. The molecule has 3 rings (SSSR count). The van der Waals surface area contributed by atoms with Crippen LogP contribution >= 0.6 is 0 Å². The number of allylic oxidation sites excluding steroid dienone is 1. The zero-order valence-corrected chi connectivity index (χ0v) is 13.4. The third-order valence-electron chi connectivity index (χ3n) is 5.08. The first-order chi connectivity index (χ1) is 10.5. The molecule has 0 bridgehead atoms. The molecule has 118 valence electrons. The number of aromatic nitrogens is 3. The fourth-order valence-electron chi connectivity index (χ4n) is 3.62. The molecule has 2 aromatic heterocycles. The minimum Gasteiger partial charge on any atom is -0.356 e. The molecule has 0 aromatic carbocycles. The second-order valence-corrected chi connectivity index (χ2v) is 6.57. The number of aromatic amines is 1. The summed E-state index contributed by atoms with van der Waals surface area (Å²) in [6.07, 6.45) is 6.24. The smallest absolute Gasteiger partial charge is 0.153 e. The fraction of sp³-hybridized carbons (Fsp3) is 0.529. The molecule has 5 heteroatoms. The first-order valence-electron chi connectivity index (χ1n) is 7.84. The molecule has 0 amide bonds. The van der Waals surface area contributed by atoms with Gasteiger partial charge in [0.05, 0.1) is 5.39 Å². The van der Waals surface area contributed by atoms with Crippen LogP contribution in [0.1, 0.15) is 33.1 Å². The molecule has 1 saturated carbocycles. The van der Waals surface area contributed by atoms with E-state index in [4.69, 9.17) is 0 Å². The highest BCUT2D eigenvalue weighted by Crippen LogP contribution is 2.37. The van der Waals surface area contributed by atoms with Crippen molar-refractivity contribution in [2.75, 3.05) is 11.9 Å². The van der Waals surface area contributed by atoms with Gasteiger partial charge in [0, 0.05) is 19.3 Å². The number of nitrogens with one attached hydrogen (secondary N) is 1. The molecule has 2 aromatic rings. The van der Waals surface area contributed by atoms with Crippen LogP contribution in [0.4, 0.5) is 10.2 Å². The zero-order valence-electron chi connectivity index (χ0n) is 13.4. The summed E-state index contributed by atoms with van der Waals surface area (Å²) in [7, 11) is 2.01. The molecule has 1 aliphatic rings. The Bertz CT molecular complexity index is 693. The summed E-state index contributed by atoms with van der Waals surface area (Å²) in [5.41, 5.74) is 1.79. The van der Waals surface area contributed by atoms with Crippen LogP contribution in [0, 0.1) is 17.7 Å². The fourth-order valence-corrected chi connectivity index (χ4v) is 3.62. The number of nitrogens with zero attached hydrogens (tertiary/aromatic N) is 3. The van der Waals surface area contributed by atoms with E-state index in [9.17, 15) is 4.39 Å². The number of hydrogen-bond donors (Lipinski definition) is 1. The van der Waals surface area contributed by atoms with Gasteiger partial charge in [0.1, 0.15) is 17.8 Å². The standard InChI is InChI=1S/C17H23FN4/c1-10(2)12-6-5-11(3)14(7-12)22(4)17-15-13(18)8-19-16(15)20-9-21-17/h8-9,11-12,14H,1,5-7H2,2-4H3,(H,19,20,21). The molecule has 0 radical (unpaired) electrons. The van der Waals surface area contributed by atoms with E-state index in [-0.39, 0.29) is 5.82 Å². The molecule has 0 saturated heterocycles. The molecule has 3 atom stereocenters. The molecule has 2 heterocycles. The van der Waals surface area contributed by atoms with E-state index in [0.717, 1.165) is 12.8 Å². The minimum absolute atomic E-state index is 0.294. The van der Waals surface area contributed by atoms with Crippen LogP contribution in [0.2, 0.25) is 0 Å². The number of halogens is 1. The molecule has 0 aliphatic heterocycles. The Balaban J connectivity index is 1.95. The predicted octanol–water partition coefficient (Wildman–Crippen LogP) is 3.91. The summed E-state index contributed by atoms with van der Waals surface area (Å²) in [5.74, 6) is 1.46. The van der Waals surface area contributed by atoms with E-state index >= 15 is 0 Å². The summed E-state index contributed by atoms with van der Waals surface area (Å²) < 4.78 is 14.1. The van der Waals surface area contributed by atoms with Crippen molar-refractivity contribution in [3.63, 3.8) is 0 Å². The summed E-state index contributed by atoms with van der Waals surface area (Å²) in [5, 5.41) is 0.481.